The minimum atomic E-state index is 0.00533. The molecular weight excluding hydrogens is 332 g/mol. The molecule has 1 aromatic carbocycles. The van der Waals surface area contributed by atoms with E-state index in [-0.39, 0.29) is 16.6 Å². The van der Waals surface area contributed by atoms with Gasteiger partial charge in [0.25, 0.3) is 5.91 Å². The van der Waals surface area contributed by atoms with E-state index in [9.17, 15) is 9.59 Å². The number of carbonyl (C=O) groups excluding carboxylic acids is 2. The fraction of sp³-hybridized carbons (Fsp3) is 0.600. The van der Waals surface area contributed by atoms with E-state index in [0.29, 0.717) is 29.9 Å². The third-order valence-electron chi connectivity index (χ3n) is 4.42. The van der Waals surface area contributed by atoms with Gasteiger partial charge in [0, 0.05) is 28.9 Å². The largest absolute Gasteiger partial charge is 0.349 e. The second kappa shape index (κ2) is 7.40. The molecule has 2 fully saturated rings. The molecule has 0 radical (unpaired) electrons. The first-order valence-corrected chi connectivity index (χ1v) is 10.1. The normalized spacial score (nSPS) is 17.2. The Morgan fingerprint density at radius 3 is 2.28 bits per heavy atom. The van der Waals surface area contributed by atoms with Crippen LogP contribution in [0.5, 0.6) is 0 Å². The first kappa shape index (κ1) is 18.3. The highest BCUT2D eigenvalue weighted by Gasteiger charge is 2.33. The van der Waals surface area contributed by atoms with Gasteiger partial charge in [-0.1, -0.05) is 32.9 Å². The van der Waals surface area contributed by atoms with Gasteiger partial charge in [0.15, 0.2) is 0 Å². The van der Waals surface area contributed by atoms with Crippen molar-refractivity contribution in [2.75, 3.05) is 5.75 Å². The van der Waals surface area contributed by atoms with Gasteiger partial charge in [-0.3, -0.25) is 9.59 Å². The summed E-state index contributed by atoms with van der Waals surface area (Å²) in [7, 11) is 0. The highest BCUT2D eigenvalue weighted by atomic mass is 32.2. The topological polar surface area (TPSA) is 49.4 Å². The lowest BCUT2D eigenvalue weighted by Gasteiger charge is -2.25. The maximum absolute atomic E-state index is 12.6. The highest BCUT2D eigenvalue weighted by Crippen LogP contribution is 2.31. The average Bonchev–Trinajstić information content (AvgIpc) is 3.43. The number of hydrogen-bond donors (Lipinski definition) is 1. The first-order chi connectivity index (χ1) is 11.8. The molecule has 0 atom stereocenters. The van der Waals surface area contributed by atoms with E-state index in [1.165, 1.54) is 0 Å². The highest BCUT2D eigenvalue weighted by molar-refractivity contribution is 8.01. The molecule has 0 unspecified atom stereocenters. The number of benzene rings is 1. The molecule has 0 saturated heterocycles. The summed E-state index contributed by atoms with van der Waals surface area (Å²) in [6, 6.07) is 8.45. The summed E-state index contributed by atoms with van der Waals surface area (Å²) in [4.78, 5) is 26.7. The number of carbonyl (C=O) groups is 2. The molecule has 5 heteroatoms. The van der Waals surface area contributed by atoms with E-state index < -0.39 is 0 Å². The molecule has 1 aromatic rings. The van der Waals surface area contributed by atoms with Gasteiger partial charge in [-0.2, -0.15) is 0 Å². The number of hydrogen-bond acceptors (Lipinski definition) is 3. The number of thioether (sulfide) groups is 1. The van der Waals surface area contributed by atoms with Gasteiger partial charge in [-0.15, -0.1) is 11.8 Å². The average molecular weight is 361 g/mol. The molecule has 2 amide bonds. The standard InChI is InChI=1S/C20H28N2O2S/c1-20(2,3)25-13-18(23)22(17-10-11-17)12-14-4-6-15(7-5-14)19(24)21-16-8-9-16/h4-7,16-17H,8-13H2,1-3H3,(H,21,24). The Morgan fingerprint density at radius 2 is 1.76 bits per heavy atom. The predicted molar refractivity (Wildman–Crippen MR) is 103 cm³/mol. The Balaban J connectivity index is 1.58. The molecular formula is C20H28N2O2S. The lowest BCUT2D eigenvalue weighted by Crippen LogP contribution is -2.34. The van der Waals surface area contributed by atoms with E-state index in [4.69, 9.17) is 0 Å². The molecule has 25 heavy (non-hydrogen) atoms. The molecule has 0 bridgehead atoms. The number of rotatable bonds is 7. The van der Waals surface area contributed by atoms with Gasteiger partial charge in [0.2, 0.25) is 5.91 Å². The first-order valence-electron chi connectivity index (χ1n) is 9.15. The Labute approximate surface area is 154 Å². The SMILES string of the molecule is CC(C)(C)SCC(=O)N(Cc1ccc(C(=O)NC2CC2)cc1)C1CC1. The van der Waals surface area contributed by atoms with Gasteiger partial charge in [-0.05, 0) is 43.4 Å². The second-order valence-electron chi connectivity index (χ2n) is 8.10. The summed E-state index contributed by atoms with van der Waals surface area (Å²) < 4.78 is 0.0987. The zero-order valence-electron chi connectivity index (χ0n) is 15.4. The van der Waals surface area contributed by atoms with Crippen LogP contribution in [-0.2, 0) is 11.3 Å². The summed E-state index contributed by atoms with van der Waals surface area (Å²) in [5.74, 6) is 0.755. The fourth-order valence-electron chi connectivity index (χ4n) is 2.62. The van der Waals surface area contributed by atoms with Crippen molar-refractivity contribution in [1.29, 1.82) is 0 Å². The number of nitrogens with one attached hydrogen (secondary N) is 1. The molecule has 2 aliphatic carbocycles. The monoisotopic (exact) mass is 360 g/mol. The van der Waals surface area contributed by atoms with Gasteiger partial charge in [0.05, 0.1) is 5.75 Å². The van der Waals surface area contributed by atoms with E-state index in [1.807, 2.05) is 29.2 Å². The van der Waals surface area contributed by atoms with E-state index in [0.717, 1.165) is 31.2 Å². The van der Waals surface area contributed by atoms with Gasteiger partial charge >= 0.3 is 0 Å². The lowest BCUT2D eigenvalue weighted by atomic mass is 10.1. The molecule has 4 nitrogen and oxygen atoms in total. The van der Waals surface area contributed by atoms with Crippen LogP contribution < -0.4 is 5.32 Å². The Bertz CT molecular complexity index is 628. The molecule has 3 rings (SSSR count). The maximum atomic E-state index is 12.6. The zero-order chi connectivity index (χ0) is 18.0. The molecule has 2 aliphatic rings. The Kier molecular flexibility index (Phi) is 5.42. The van der Waals surface area contributed by atoms with Crippen molar-refractivity contribution in [2.45, 2.75) is 69.8 Å². The third-order valence-corrected chi connectivity index (χ3v) is 5.68. The van der Waals surface area contributed by atoms with Crippen LogP contribution in [0, 0.1) is 0 Å². The predicted octanol–water partition coefficient (Wildman–Crippen LogP) is 3.60. The Hall–Kier alpha value is -1.49. The van der Waals surface area contributed by atoms with Gasteiger partial charge in [-0.25, -0.2) is 0 Å². The van der Waals surface area contributed by atoms with Crippen molar-refractivity contribution in [3.63, 3.8) is 0 Å². The smallest absolute Gasteiger partial charge is 0.251 e. The van der Waals surface area contributed by atoms with E-state index >= 15 is 0 Å². The molecule has 0 aliphatic heterocycles. The fourth-order valence-corrected chi connectivity index (χ4v) is 3.35. The molecule has 136 valence electrons. The maximum Gasteiger partial charge on any atom is 0.251 e. The summed E-state index contributed by atoms with van der Waals surface area (Å²) in [6.07, 6.45) is 4.39. The summed E-state index contributed by atoms with van der Waals surface area (Å²) in [6.45, 7) is 7.05. The van der Waals surface area contributed by atoms with Gasteiger partial charge in [0.1, 0.15) is 0 Å². The number of amides is 2. The zero-order valence-corrected chi connectivity index (χ0v) is 16.2. The van der Waals surface area contributed by atoms with Crippen LogP contribution in [-0.4, -0.2) is 39.3 Å². The number of nitrogens with zero attached hydrogens (tertiary/aromatic N) is 1. The van der Waals surface area contributed by atoms with Crippen molar-refractivity contribution in [2.24, 2.45) is 0 Å². The van der Waals surface area contributed by atoms with Crippen LogP contribution in [0.3, 0.4) is 0 Å². The molecule has 2 saturated carbocycles. The lowest BCUT2D eigenvalue weighted by molar-refractivity contribution is -0.129. The molecule has 0 heterocycles. The third kappa shape index (κ3) is 5.77. The molecule has 1 N–H and O–H groups in total. The summed E-state index contributed by atoms with van der Waals surface area (Å²) in [5.41, 5.74) is 1.78. The van der Waals surface area contributed by atoms with Crippen molar-refractivity contribution < 1.29 is 9.59 Å². The minimum Gasteiger partial charge on any atom is -0.349 e. The summed E-state index contributed by atoms with van der Waals surface area (Å²) >= 11 is 1.70. The van der Waals surface area contributed by atoms with Crippen LogP contribution in [0.2, 0.25) is 0 Å². The van der Waals surface area contributed by atoms with Crippen molar-refractivity contribution in [3.8, 4) is 0 Å². The van der Waals surface area contributed by atoms with Crippen LogP contribution >= 0.6 is 11.8 Å². The minimum absolute atomic E-state index is 0.00533. The quantitative estimate of drug-likeness (QED) is 0.808. The van der Waals surface area contributed by atoms with Crippen molar-refractivity contribution >= 4 is 23.6 Å². The van der Waals surface area contributed by atoms with Crippen LogP contribution in [0.25, 0.3) is 0 Å². The van der Waals surface area contributed by atoms with E-state index in [1.54, 1.807) is 11.8 Å². The van der Waals surface area contributed by atoms with Crippen molar-refractivity contribution in [3.05, 3.63) is 35.4 Å². The van der Waals surface area contributed by atoms with Gasteiger partial charge < -0.3 is 10.2 Å². The van der Waals surface area contributed by atoms with E-state index in [2.05, 4.69) is 26.1 Å². The molecule has 0 spiro atoms. The van der Waals surface area contributed by atoms with Crippen molar-refractivity contribution in [1.82, 2.24) is 10.2 Å². The summed E-state index contributed by atoms with van der Waals surface area (Å²) in [5, 5.41) is 3.00. The molecule has 0 aromatic heterocycles. The second-order valence-corrected chi connectivity index (χ2v) is 9.90. The Morgan fingerprint density at radius 1 is 1.12 bits per heavy atom. The van der Waals surface area contributed by atoms with Crippen LogP contribution in [0.1, 0.15) is 62.4 Å². The van der Waals surface area contributed by atoms with Crippen LogP contribution in [0.15, 0.2) is 24.3 Å². The van der Waals surface area contributed by atoms with Crippen LogP contribution in [0.4, 0.5) is 0 Å².